The fraction of sp³-hybridized carbons (Fsp3) is 0.120. The Bertz CT molecular complexity index is 1390. The van der Waals surface area contributed by atoms with Crippen LogP contribution in [0, 0.1) is 13.8 Å². The molecule has 0 atom stereocenters. The molecule has 1 N–H and O–H groups in total. The Labute approximate surface area is 206 Å². The number of amides is 2. The van der Waals surface area contributed by atoms with Gasteiger partial charge in [0.15, 0.2) is 5.11 Å². The van der Waals surface area contributed by atoms with Gasteiger partial charge in [0.25, 0.3) is 11.8 Å². The third-order valence-corrected chi connectivity index (χ3v) is 6.09. The number of nitrogens with zero attached hydrogens (tertiary/aromatic N) is 2. The lowest BCUT2D eigenvalue weighted by atomic mass is 10.1. The third kappa shape index (κ3) is 4.13. The van der Waals surface area contributed by atoms with Gasteiger partial charge in [0, 0.05) is 17.1 Å². The Morgan fingerprint density at radius 3 is 2.53 bits per heavy atom. The standard InChI is InChI=1S/C25H20ClN3O4S/c1-14-11-17(15(2)28(14)18-8-6-7-16(12-18)24(32)33-3)13-19-22(30)27-25(34)29(23(19)31)21-10-5-4-9-20(21)26/h4-13H,1-3H3,(H,27,30,34)/b19-13+. The summed E-state index contributed by atoms with van der Waals surface area (Å²) in [4.78, 5) is 39.2. The quantitative estimate of drug-likeness (QED) is 0.253. The number of para-hydroxylation sites is 1. The fourth-order valence-corrected chi connectivity index (χ4v) is 4.38. The van der Waals surface area contributed by atoms with Crippen molar-refractivity contribution < 1.29 is 19.1 Å². The van der Waals surface area contributed by atoms with Gasteiger partial charge in [-0.3, -0.25) is 19.8 Å². The van der Waals surface area contributed by atoms with E-state index in [-0.39, 0.29) is 10.7 Å². The summed E-state index contributed by atoms with van der Waals surface area (Å²) in [5.74, 6) is -1.60. The second-order valence-electron chi connectivity index (χ2n) is 7.61. The van der Waals surface area contributed by atoms with Crippen LogP contribution in [0.2, 0.25) is 5.02 Å². The van der Waals surface area contributed by atoms with E-state index in [4.69, 9.17) is 28.6 Å². The van der Waals surface area contributed by atoms with E-state index >= 15 is 0 Å². The molecule has 0 saturated carbocycles. The van der Waals surface area contributed by atoms with Crippen LogP contribution in [0.5, 0.6) is 0 Å². The van der Waals surface area contributed by atoms with Gasteiger partial charge in [-0.1, -0.05) is 29.8 Å². The number of aromatic nitrogens is 1. The van der Waals surface area contributed by atoms with Crippen LogP contribution in [0.25, 0.3) is 11.8 Å². The molecule has 1 aromatic heterocycles. The average Bonchev–Trinajstić information content (AvgIpc) is 3.09. The maximum Gasteiger partial charge on any atom is 0.337 e. The molecule has 1 saturated heterocycles. The van der Waals surface area contributed by atoms with E-state index in [2.05, 4.69) is 5.32 Å². The summed E-state index contributed by atoms with van der Waals surface area (Å²) in [5.41, 5.74) is 3.79. The number of nitrogens with one attached hydrogen (secondary N) is 1. The first-order valence-electron chi connectivity index (χ1n) is 10.3. The molecule has 2 heterocycles. The topological polar surface area (TPSA) is 80.6 Å². The summed E-state index contributed by atoms with van der Waals surface area (Å²) in [6.07, 6.45) is 1.53. The number of benzene rings is 2. The number of hydrogen-bond acceptors (Lipinski definition) is 5. The van der Waals surface area contributed by atoms with Gasteiger partial charge < -0.3 is 9.30 Å². The van der Waals surface area contributed by atoms with Gasteiger partial charge in [0.2, 0.25) is 0 Å². The van der Waals surface area contributed by atoms with E-state index in [1.54, 1.807) is 42.5 Å². The Kier molecular flexibility index (Phi) is 6.37. The summed E-state index contributed by atoms with van der Waals surface area (Å²) in [6, 6.07) is 15.6. The highest BCUT2D eigenvalue weighted by Crippen LogP contribution is 2.30. The Morgan fingerprint density at radius 2 is 1.82 bits per heavy atom. The van der Waals surface area contributed by atoms with Crippen molar-refractivity contribution in [1.82, 2.24) is 9.88 Å². The molecule has 1 fully saturated rings. The number of anilines is 1. The van der Waals surface area contributed by atoms with Gasteiger partial charge in [-0.2, -0.15) is 0 Å². The van der Waals surface area contributed by atoms with Crippen molar-refractivity contribution in [3.05, 3.63) is 87.7 Å². The molecule has 2 amide bonds. The average molecular weight is 494 g/mol. The van der Waals surface area contributed by atoms with Crippen LogP contribution in [0.1, 0.15) is 27.3 Å². The van der Waals surface area contributed by atoms with Gasteiger partial charge in [0.1, 0.15) is 5.57 Å². The molecule has 0 bridgehead atoms. The minimum atomic E-state index is -0.587. The summed E-state index contributed by atoms with van der Waals surface area (Å²) in [7, 11) is 1.33. The van der Waals surface area contributed by atoms with Crippen LogP contribution < -0.4 is 10.2 Å². The molecule has 172 valence electrons. The van der Waals surface area contributed by atoms with Crippen molar-refractivity contribution in [2.75, 3.05) is 12.0 Å². The molecule has 0 aliphatic carbocycles. The third-order valence-electron chi connectivity index (χ3n) is 5.49. The van der Waals surface area contributed by atoms with Crippen LogP contribution in [0.4, 0.5) is 5.69 Å². The number of methoxy groups -OCH3 is 1. The summed E-state index contributed by atoms with van der Waals surface area (Å²) in [6.45, 7) is 3.76. The van der Waals surface area contributed by atoms with Crippen LogP contribution >= 0.6 is 23.8 Å². The van der Waals surface area contributed by atoms with Crippen LogP contribution in [0.15, 0.2) is 60.2 Å². The number of aryl methyl sites for hydroxylation is 1. The van der Waals surface area contributed by atoms with E-state index in [9.17, 15) is 14.4 Å². The number of carbonyl (C=O) groups is 3. The number of hydrogen-bond donors (Lipinski definition) is 1. The Hall–Kier alpha value is -3.75. The highest BCUT2D eigenvalue weighted by molar-refractivity contribution is 7.80. The first-order chi connectivity index (χ1) is 16.2. The minimum absolute atomic E-state index is 0.0367. The second kappa shape index (κ2) is 9.24. The molecule has 1 aliphatic rings. The van der Waals surface area contributed by atoms with Crippen LogP contribution in [0.3, 0.4) is 0 Å². The number of thiocarbonyl (C=S) groups is 1. The zero-order valence-electron chi connectivity index (χ0n) is 18.6. The van der Waals surface area contributed by atoms with Crippen molar-refractivity contribution >= 4 is 58.5 Å². The lowest BCUT2D eigenvalue weighted by molar-refractivity contribution is -0.122. The molecule has 1 aliphatic heterocycles. The van der Waals surface area contributed by atoms with E-state index < -0.39 is 17.8 Å². The largest absolute Gasteiger partial charge is 0.465 e. The Morgan fingerprint density at radius 1 is 1.09 bits per heavy atom. The van der Waals surface area contributed by atoms with Gasteiger partial charge in [-0.05, 0) is 74.1 Å². The maximum absolute atomic E-state index is 13.3. The van der Waals surface area contributed by atoms with Crippen molar-refractivity contribution in [1.29, 1.82) is 0 Å². The van der Waals surface area contributed by atoms with E-state index in [0.717, 1.165) is 17.1 Å². The van der Waals surface area contributed by atoms with Crippen LogP contribution in [-0.4, -0.2) is 34.6 Å². The highest BCUT2D eigenvalue weighted by Gasteiger charge is 2.35. The normalized spacial score (nSPS) is 15.0. The fourth-order valence-electron chi connectivity index (χ4n) is 3.89. The molecular formula is C25H20ClN3O4S. The number of esters is 1. The van der Waals surface area contributed by atoms with Gasteiger partial charge in [0.05, 0.1) is 23.4 Å². The lowest BCUT2D eigenvalue weighted by Crippen LogP contribution is -2.54. The highest BCUT2D eigenvalue weighted by atomic mass is 35.5. The molecule has 7 nitrogen and oxygen atoms in total. The molecule has 4 rings (SSSR count). The first kappa shape index (κ1) is 23.4. The summed E-state index contributed by atoms with van der Waals surface area (Å²) < 4.78 is 6.75. The Balaban J connectivity index is 1.77. The van der Waals surface area contributed by atoms with Crippen molar-refractivity contribution in [2.24, 2.45) is 0 Å². The molecule has 0 spiro atoms. The van der Waals surface area contributed by atoms with Gasteiger partial charge in [-0.15, -0.1) is 0 Å². The predicted molar refractivity (Wildman–Crippen MR) is 134 cm³/mol. The van der Waals surface area contributed by atoms with E-state index in [1.165, 1.54) is 18.1 Å². The van der Waals surface area contributed by atoms with Crippen LogP contribution in [-0.2, 0) is 14.3 Å². The lowest BCUT2D eigenvalue weighted by Gasteiger charge is -2.29. The summed E-state index contributed by atoms with van der Waals surface area (Å²) >= 11 is 11.5. The second-order valence-corrected chi connectivity index (χ2v) is 8.41. The number of rotatable bonds is 4. The summed E-state index contributed by atoms with van der Waals surface area (Å²) in [5, 5.41) is 2.86. The number of ether oxygens (including phenoxy) is 1. The number of carbonyl (C=O) groups excluding carboxylic acids is 3. The van der Waals surface area contributed by atoms with Crippen molar-refractivity contribution in [3.8, 4) is 5.69 Å². The molecule has 0 radical (unpaired) electrons. The molecule has 0 unspecified atom stereocenters. The number of halogens is 1. The van der Waals surface area contributed by atoms with Gasteiger partial charge >= 0.3 is 5.97 Å². The smallest absolute Gasteiger partial charge is 0.337 e. The zero-order valence-corrected chi connectivity index (χ0v) is 20.2. The van der Waals surface area contributed by atoms with E-state index in [0.29, 0.717) is 21.8 Å². The monoisotopic (exact) mass is 493 g/mol. The molecular weight excluding hydrogens is 474 g/mol. The van der Waals surface area contributed by atoms with Gasteiger partial charge in [-0.25, -0.2) is 4.79 Å². The molecule has 9 heteroatoms. The predicted octanol–water partition coefficient (Wildman–Crippen LogP) is 4.37. The SMILES string of the molecule is COC(=O)c1cccc(-n2c(C)cc(/C=C3\C(=O)NC(=S)N(c4ccccc4Cl)C3=O)c2C)c1. The van der Waals surface area contributed by atoms with Crippen molar-refractivity contribution in [2.45, 2.75) is 13.8 Å². The maximum atomic E-state index is 13.3. The minimum Gasteiger partial charge on any atom is -0.465 e. The van der Waals surface area contributed by atoms with Crippen molar-refractivity contribution in [3.63, 3.8) is 0 Å². The molecule has 3 aromatic rings. The molecule has 2 aromatic carbocycles. The van der Waals surface area contributed by atoms with E-state index in [1.807, 2.05) is 30.5 Å². The molecule has 34 heavy (non-hydrogen) atoms. The first-order valence-corrected chi connectivity index (χ1v) is 11.0. The zero-order chi connectivity index (χ0) is 24.6.